The molecule has 0 amide bonds. The summed E-state index contributed by atoms with van der Waals surface area (Å²) in [6, 6.07) is 4.23. The highest BCUT2D eigenvalue weighted by atomic mass is 16.7. The Bertz CT molecular complexity index is 300. The Morgan fingerprint density at radius 3 is 2.27 bits per heavy atom. The lowest BCUT2D eigenvalue weighted by Crippen LogP contribution is -2.05. The number of nitrogens with two attached hydrogens (primary N) is 1. The first kappa shape index (κ1) is 12.0. The van der Waals surface area contributed by atoms with Crippen LogP contribution in [0.1, 0.15) is 16.7 Å². The maximum Gasteiger partial charge on any atom is 0.188 e. The van der Waals surface area contributed by atoms with Crippen LogP contribution < -0.4 is 10.5 Å². The standard InChI is InChI=1S/C12H19NO2/c1-9-6-11(4-5-13)7-10(2)12(9)15-8-14-3/h6-7H,4-5,8,13H2,1-3H3. The van der Waals surface area contributed by atoms with E-state index in [0.29, 0.717) is 6.54 Å². The number of benzene rings is 1. The number of hydrogen-bond acceptors (Lipinski definition) is 3. The Kier molecular flexibility index (Phi) is 4.59. The summed E-state index contributed by atoms with van der Waals surface area (Å²) in [6.45, 7) is 5.05. The number of rotatable bonds is 5. The Labute approximate surface area is 91.2 Å². The van der Waals surface area contributed by atoms with E-state index in [9.17, 15) is 0 Å². The summed E-state index contributed by atoms with van der Waals surface area (Å²) in [5, 5.41) is 0. The van der Waals surface area contributed by atoms with Crippen molar-refractivity contribution >= 4 is 0 Å². The van der Waals surface area contributed by atoms with Crippen molar-refractivity contribution in [1.29, 1.82) is 0 Å². The minimum atomic E-state index is 0.290. The molecule has 3 heteroatoms. The van der Waals surface area contributed by atoms with Crippen molar-refractivity contribution in [1.82, 2.24) is 0 Å². The highest BCUT2D eigenvalue weighted by Crippen LogP contribution is 2.24. The van der Waals surface area contributed by atoms with Crippen molar-refractivity contribution < 1.29 is 9.47 Å². The van der Waals surface area contributed by atoms with Gasteiger partial charge in [0, 0.05) is 7.11 Å². The van der Waals surface area contributed by atoms with Gasteiger partial charge in [0.25, 0.3) is 0 Å². The van der Waals surface area contributed by atoms with E-state index in [4.69, 9.17) is 15.2 Å². The summed E-state index contributed by atoms with van der Waals surface area (Å²) < 4.78 is 10.4. The third-order valence-electron chi connectivity index (χ3n) is 2.27. The molecule has 0 aromatic heterocycles. The van der Waals surface area contributed by atoms with Gasteiger partial charge < -0.3 is 15.2 Å². The maximum absolute atomic E-state index is 5.53. The van der Waals surface area contributed by atoms with Crippen LogP contribution in [0.5, 0.6) is 5.75 Å². The van der Waals surface area contributed by atoms with Gasteiger partial charge in [0.1, 0.15) is 5.75 Å². The SMILES string of the molecule is COCOc1c(C)cc(CCN)cc1C. The number of methoxy groups -OCH3 is 1. The van der Waals surface area contributed by atoms with Crippen LogP contribution in [0.15, 0.2) is 12.1 Å². The molecule has 2 N–H and O–H groups in total. The van der Waals surface area contributed by atoms with Gasteiger partial charge in [-0.3, -0.25) is 0 Å². The summed E-state index contributed by atoms with van der Waals surface area (Å²) in [7, 11) is 1.62. The molecule has 0 aliphatic rings. The third-order valence-corrected chi connectivity index (χ3v) is 2.27. The molecule has 15 heavy (non-hydrogen) atoms. The fraction of sp³-hybridized carbons (Fsp3) is 0.500. The molecular weight excluding hydrogens is 190 g/mol. The lowest BCUT2D eigenvalue weighted by molar-refractivity contribution is 0.0501. The Balaban J connectivity index is 2.88. The zero-order valence-electron chi connectivity index (χ0n) is 9.67. The molecule has 1 aromatic rings. The first-order chi connectivity index (χ1) is 7.19. The fourth-order valence-electron chi connectivity index (χ4n) is 1.70. The minimum absolute atomic E-state index is 0.290. The zero-order valence-corrected chi connectivity index (χ0v) is 9.67. The van der Waals surface area contributed by atoms with Crippen LogP contribution in [0.4, 0.5) is 0 Å². The van der Waals surface area contributed by atoms with Crippen LogP contribution in [0.2, 0.25) is 0 Å². The molecule has 1 aromatic carbocycles. The van der Waals surface area contributed by atoms with E-state index in [1.54, 1.807) is 7.11 Å². The molecule has 0 atom stereocenters. The van der Waals surface area contributed by atoms with Crippen molar-refractivity contribution in [2.24, 2.45) is 5.73 Å². The summed E-state index contributed by atoms with van der Waals surface area (Å²) in [6.07, 6.45) is 0.909. The normalized spacial score (nSPS) is 10.4. The predicted molar refractivity (Wildman–Crippen MR) is 61.2 cm³/mol. The monoisotopic (exact) mass is 209 g/mol. The van der Waals surface area contributed by atoms with Crippen LogP contribution in [0.25, 0.3) is 0 Å². The fourth-order valence-corrected chi connectivity index (χ4v) is 1.70. The van der Waals surface area contributed by atoms with E-state index in [1.807, 2.05) is 13.8 Å². The average molecular weight is 209 g/mol. The Morgan fingerprint density at radius 2 is 1.80 bits per heavy atom. The summed E-state index contributed by atoms with van der Waals surface area (Å²) in [5.74, 6) is 0.914. The second kappa shape index (κ2) is 5.73. The molecular formula is C12H19NO2. The summed E-state index contributed by atoms with van der Waals surface area (Å²) >= 11 is 0. The second-order valence-corrected chi connectivity index (χ2v) is 3.65. The quantitative estimate of drug-likeness (QED) is 0.752. The number of hydrogen-bond donors (Lipinski definition) is 1. The van der Waals surface area contributed by atoms with Crippen LogP contribution in [-0.2, 0) is 11.2 Å². The molecule has 0 unspecified atom stereocenters. The smallest absolute Gasteiger partial charge is 0.188 e. The number of ether oxygens (including phenoxy) is 2. The van der Waals surface area contributed by atoms with Gasteiger partial charge in [0.2, 0.25) is 0 Å². The van der Waals surface area contributed by atoms with Crippen LogP contribution >= 0.6 is 0 Å². The van der Waals surface area contributed by atoms with E-state index in [-0.39, 0.29) is 6.79 Å². The van der Waals surface area contributed by atoms with Gasteiger partial charge in [-0.05, 0) is 43.5 Å². The summed E-state index contributed by atoms with van der Waals surface area (Å²) in [5.41, 5.74) is 9.06. The van der Waals surface area contributed by atoms with Crippen molar-refractivity contribution in [2.75, 3.05) is 20.4 Å². The van der Waals surface area contributed by atoms with E-state index < -0.39 is 0 Å². The van der Waals surface area contributed by atoms with E-state index in [1.165, 1.54) is 5.56 Å². The summed E-state index contributed by atoms with van der Waals surface area (Å²) in [4.78, 5) is 0. The van der Waals surface area contributed by atoms with Crippen LogP contribution in [0.3, 0.4) is 0 Å². The van der Waals surface area contributed by atoms with E-state index in [2.05, 4.69) is 12.1 Å². The lowest BCUT2D eigenvalue weighted by Gasteiger charge is -2.13. The first-order valence-electron chi connectivity index (χ1n) is 5.11. The molecule has 0 saturated carbocycles. The van der Waals surface area contributed by atoms with Gasteiger partial charge in [-0.2, -0.15) is 0 Å². The van der Waals surface area contributed by atoms with Gasteiger partial charge in [-0.25, -0.2) is 0 Å². The van der Waals surface area contributed by atoms with Gasteiger partial charge in [0.05, 0.1) is 0 Å². The molecule has 0 spiro atoms. The molecule has 0 aliphatic carbocycles. The van der Waals surface area contributed by atoms with Crippen molar-refractivity contribution in [3.63, 3.8) is 0 Å². The minimum Gasteiger partial charge on any atom is -0.467 e. The maximum atomic E-state index is 5.53. The van der Waals surface area contributed by atoms with Crippen molar-refractivity contribution in [3.8, 4) is 5.75 Å². The lowest BCUT2D eigenvalue weighted by atomic mass is 10.0. The Morgan fingerprint density at radius 1 is 1.20 bits per heavy atom. The first-order valence-corrected chi connectivity index (χ1v) is 5.11. The van der Waals surface area contributed by atoms with E-state index in [0.717, 1.165) is 23.3 Å². The molecule has 1 rings (SSSR count). The molecule has 0 radical (unpaired) electrons. The van der Waals surface area contributed by atoms with Gasteiger partial charge in [-0.15, -0.1) is 0 Å². The highest BCUT2D eigenvalue weighted by Gasteiger charge is 2.05. The molecule has 0 fully saturated rings. The van der Waals surface area contributed by atoms with Crippen molar-refractivity contribution in [3.05, 3.63) is 28.8 Å². The van der Waals surface area contributed by atoms with E-state index >= 15 is 0 Å². The largest absolute Gasteiger partial charge is 0.467 e. The highest BCUT2D eigenvalue weighted by molar-refractivity contribution is 5.43. The third kappa shape index (κ3) is 3.22. The molecule has 3 nitrogen and oxygen atoms in total. The average Bonchev–Trinajstić information content (AvgIpc) is 2.17. The Hall–Kier alpha value is -1.06. The zero-order chi connectivity index (χ0) is 11.3. The molecule has 0 bridgehead atoms. The van der Waals surface area contributed by atoms with Crippen molar-refractivity contribution in [2.45, 2.75) is 20.3 Å². The molecule has 0 aliphatic heterocycles. The van der Waals surface area contributed by atoms with Gasteiger partial charge >= 0.3 is 0 Å². The molecule has 84 valence electrons. The predicted octanol–water partition coefficient (Wildman–Crippen LogP) is 1.79. The second-order valence-electron chi connectivity index (χ2n) is 3.65. The molecule has 0 saturated heterocycles. The van der Waals surface area contributed by atoms with Crippen LogP contribution in [-0.4, -0.2) is 20.4 Å². The van der Waals surface area contributed by atoms with Gasteiger partial charge in [-0.1, -0.05) is 12.1 Å². The van der Waals surface area contributed by atoms with Gasteiger partial charge in [0.15, 0.2) is 6.79 Å². The number of aryl methyl sites for hydroxylation is 2. The van der Waals surface area contributed by atoms with Crippen LogP contribution in [0, 0.1) is 13.8 Å². The molecule has 0 heterocycles. The topological polar surface area (TPSA) is 44.5 Å².